The van der Waals surface area contributed by atoms with Crippen LogP contribution in [-0.4, -0.2) is 9.97 Å². The first-order valence-electron chi connectivity index (χ1n) is 7.65. The number of nitrogens with zero attached hydrogens (tertiary/aromatic N) is 2. The minimum Gasteiger partial charge on any atom is -0.457 e. The maximum Gasteiger partial charge on any atom is 0.149 e. The van der Waals surface area contributed by atoms with Gasteiger partial charge in [0.25, 0.3) is 0 Å². The number of furan rings is 1. The Kier molecular flexibility index (Phi) is 3.96. The van der Waals surface area contributed by atoms with Crippen LogP contribution in [0.15, 0.2) is 69.6 Å². The molecular weight excluding hydrogens is 378 g/mol. The Morgan fingerprint density at radius 1 is 1.08 bits per heavy atom. The minimum atomic E-state index is 0.424. The van der Waals surface area contributed by atoms with Gasteiger partial charge in [-0.3, -0.25) is 0 Å². The maximum absolute atomic E-state index is 9.50. The molecule has 1 N–H and O–H groups in total. The maximum atomic E-state index is 9.50. The summed E-state index contributed by atoms with van der Waals surface area (Å²) in [5.41, 5.74) is 3.13. The zero-order valence-electron chi connectivity index (χ0n) is 13.0. The van der Waals surface area contributed by atoms with Crippen molar-refractivity contribution in [2.75, 3.05) is 0 Å². The number of fused-ring (bicyclic) bond motifs is 1. The SMILES string of the molecule is N#C/C(=C\c1ccc(-c2ccc(Br)cc2)o1)c1nc2ccccc2[nH]1. The average molecular weight is 390 g/mol. The van der Waals surface area contributed by atoms with Crippen LogP contribution in [0.4, 0.5) is 0 Å². The number of aromatic nitrogens is 2. The number of nitrogens with one attached hydrogen (secondary N) is 1. The van der Waals surface area contributed by atoms with Gasteiger partial charge in [-0.2, -0.15) is 5.26 Å². The molecule has 2 heterocycles. The van der Waals surface area contributed by atoms with E-state index < -0.39 is 0 Å². The average Bonchev–Trinajstić information content (AvgIpc) is 3.27. The molecule has 0 spiro atoms. The highest BCUT2D eigenvalue weighted by Gasteiger charge is 2.10. The van der Waals surface area contributed by atoms with Crippen LogP contribution in [0.5, 0.6) is 0 Å². The fourth-order valence-electron chi connectivity index (χ4n) is 2.58. The quantitative estimate of drug-likeness (QED) is 0.460. The number of imidazole rings is 1. The molecule has 4 rings (SSSR count). The van der Waals surface area contributed by atoms with Gasteiger partial charge in [-0.05, 0) is 36.4 Å². The highest BCUT2D eigenvalue weighted by atomic mass is 79.9. The van der Waals surface area contributed by atoms with Gasteiger partial charge in [0.15, 0.2) is 0 Å². The summed E-state index contributed by atoms with van der Waals surface area (Å²) >= 11 is 3.42. The summed E-state index contributed by atoms with van der Waals surface area (Å²) in [5.74, 6) is 1.89. The molecule has 25 heavy (non-hydrogen) atoms. The van der Waals surface area contributed by atoms with Crippen LogP contribution in [0.2, 0.25) is 0 Å². The van der Waals surface area contributed by atoms with Crippen LogP contribution in [-0.2, 0) is 0 Å². The summed E-state index contributed by atoms with van der Waals surface area (Å²) in [6.45, 7) is 0. The van der Waals surface area contributed by atoms with E-state index >= 15 is 0 Å². The largest absolute Gasteiger partial charge is 0.457 e. The van der Waals surface area contributed by atoms with Gasteiger partial charge in [0.05, 0.1) is 16.6 Å². The molecule has 0 saturated heterocycles. The van der Waals surface area contributed by atoms with E-state index in [1.54, 1.807) is 6.08 Å². The second-order valence-electron chi connectivity index (χ2n) is 5.48. The number of nitriles is 1. The van der Waals surface area contributed by atoms with Gasteiger partial charge in [-0.25, -0.2) is 4.98 Å². The lowest BCUT2D eigenvalue weighted by Crippen LogP contribution is -1.84. The molecule has 0 aliphatic heterocycles. The van der Waals surface area contributed by atoms with Crippen molar-refractivity contribution < 1.29 is 4.42 Å². The molecule has 4 nitrogen and oxygen atoms in total. The predicted octanol–water partition coefficient (Wildman–Crippen LogP) is 5.65. The molecule has 120 valence electrons. The number of hydrogen-bond acceptors (Lipinski definition) is 3. The summed E-state index contributed by atoms with van der Waals surface area (Å²) in [6, 6.07) is 21.5. The lowest BCUT2D eigenvalue weighted by Gasteiger charge is -1.97. The molecule has 0 bridgehead atoms. The Morgan fingerprint density at radius 3 is 2.64 bits per heavy atom. The first-order chi connectivity index (χ1) is 12.2. The number of rotatable bonds is 3. The number of halogens is 1. The fraction of sp³-hybridized carbons (Fsp3) is 0. The van der Waals surface area contributed by atoms with E-state index in [-0.39, 0.29) is 0 Å². The number of H-pyrrole nitrogens is 1. The monoisotopic (exact) mass is 389 g/mol. The standard InChI is InChI=1S/C20H12BrN3O/c21-15-7-5-13(6-8-15)19-10-9-16(25-19)11-14(12-22)20-23-17-3-1-2-4-18(17)24-20/h1-11H,(H,23,24)/b14-11+. The van der Waals surface area contributed by atoms with Crippen molar-refractivity contribution in [2.24, 2.45) is 0 Å². The Hall–Kier alpha value is -3.10. The minimum absolute atomic E-state index is 0.424. The first-order valence-corrected chi connectivity index (χ1v) is 8.45. The summed E-state index contributed by atoms with van der Waals surface area (Å²) in [6.07, 6.45) is 1.69. The van der Waals surface area contributed by atoms with Crippen molar-refractivity contribution in [3.8, 4) is 17.4 Å². The van der Waals surface area contributed by atoms with Crippen molar-refractivity contribution >= 4 is 38.6 Å². The van der Waals surface area contributed by atoms with E-state index in [4.69, 9.17) is 4.42 Å². The van der Waals surface area contributed by atoms with Gasteiger partial charge in [-0.15, -0.1) is 0 Å². The zero-order valence-corrected chi connectivity index (χ0v) is 14.6. The van der Waals surface area contributed by atoms with E-state index in [2.05, 4.69) is 32.0 Å². The van der Waals surface area contributed by atoms with Crippen LogP contribution >= 0.6 is 15.9 Å². The molecule has 0 radical (unpaired) electrons. The van der Waals surface area contributed by atoms with E-state index in [9.17, 15) is 5.26 Å². The number of aromatic amines is 1. The van der Waals surface area contributed by atoms with Gasteiger partial charge in [0, 0.05) is 16.1 Å². The third-order valence-corrected chi connectivity index (χ3v) is 4.34. The normalized spacial score (nSPS) is 11.6. The number of benzene rings is 2. The fourth-order valence-corrected chi connectivity index (χ4v) is 2.84. The van der Waals surface area contributed by atoms with Crippen molar-refractivity contribution in [1.82, 2.24) is 9.97 Å². The van der Waals surface area contributed by atoms with Crippen molar-refractivity contribution in [3.05, 3.63) is 76.7 Å². The lowest BCUT2D eigenvalue weighted by atomic mass is 10.2. The summed E-state index contributed by atoms with van der Waals surface area (Å²) in [5, 5.41) is 9.50. The second kappa shape index (κ2) is 6.42. The molecule has 5 heteroatoms. The van der Waals surface area contributed by atoms with Crippen molar-refractivity contribution in [1.29, 1.82) is 5.26 Å². The predicted molar refractivity (Wildman–Crippen MR) is 101 cm³/mol. The zero-order chi connectivity index (χ0) is 17.2. The highest BCUT2D eigenvalue weighted by Crippen LogP contribution is 2.26. The van der Waals surface area contributed by atoms with E-state index in [1.807, 2.05) is 60.7 Å². The molecular formula is C20H12BrN3O. The Bertz CT molecular complexity index is 1080. The van der Waals surface area contributed by atoms with Gasteiger partial charge in [0.1, 0.15) is 23.4 Å². The molecule has 0 saturated carbocycles. The molecule has 0 aliphatic carbocycles. The molecule has 4 aromatic rings. The number of hydrogen-bond donors (Lipinski definition) is 1. The summed E-state index contributed by atoms with van der Waals surface area (Å²) in [4.78, 5) is 7.62. The van der Waals surface area contributed by atoms with E-state index in [0.29, 0.717) is 17.2 Å². The van der Waals surface area contributed by atoms with E-state index in [0.717, 1.165) is 26.8 Å². The van der Waals surface area contributed by atoms with Crippen LogP contribution in [0, 0.1) is 11.3 Å². The molecule has 0 amide bonds. The smallest absolute Gasteiger partial charge is 0.149 e. The number of para-hydroxylation sites is 2. The van der Waals surface area contributed by atoms with Gasteiger partial charge in [0.2, 0.25) is 0 Å². The molecule has 0 fully saturated rings. The third-order valence-electron chi connectivity index (χ3n) is 3.81. The van der Waals surface area contributed by atoms with Crippen LogP contribution in [0.3, 0.4) is 0 Å². The molecule has 2 aromatic carbocycles. The lowest BCUT2D eigenvalue weighted by molar-refractivity contribution is 0.572. The number of allylic oxidation sites excluding steroid dienone is 1. The van der Waals surface area contributed by atoms with Crippen LogP contribution < -0.4 is 0 Å². The molecule has 0 atom stereocenters. The summed E-state index contributed by atoms with van der Waals surface area (Å²) in [7, 11) is 0. The van der Waals surface area contributed by atoms with Crippen LogP contribution in [0.1, 0.15) is 11.6 Å². The van der Waals surface area contributed by atoms with Gasteiger partial charge >= 0.3 is 0 Å². The van der Waals surface area contributed by atoms with Crippen molar-refractivity contribution in [3.63, 3.8) is 0 Å². The highest BCUT2D eigenvalue weighted by molar-refractivity contribution is 9.10. The topological polar surface area (TPSA) is 65.6 Å². The molecule has 0 unspecified atom stereocenters. The Morgan fingerprint density at radius 2 is 1.88 bits per heavy atom. The van der Waals surface area contributed by atoms with Crippen molar-refractivity contribution in [2.45, 2.75) is 0 Å². The second-order valence-corrected chi connectivity index (χ2v) is 6.40. The van der Waals surface area contributed by atoms with Gasteiger partial charge < -0.3 is 9.40 Å². The Balaban J connectivity index is 1.69. The first kappa shape index (κ1) is 15.4. The van der Waals surface area contributed by atoms with Crippen LogP contribution in [0.25, 0.3) is 34.0 Å². The van der Waals surface area contributed by atoms with E-state index in [1.165, 1.54) is 0 Å². The summed E-state index contributed by atoms with van der Waals surface area (Å²) < 4.78 is 6.87. The third kappa shape index (κ3) is 3.12. The van der Waals surface area contributed by atoms with Gasteiger partial charge in [-0.1, -0.05) is 40.2 Å². The molecule has 2 aromatic heterocycles. The molecule has 0 aliphatic rings. The Labute approximate surface area is 152 Å².